The Balaban J connectivity index is 2.13. The van der Waals surface area contributed by atoms with Gasteiger partial charge in [-0.2, -0.15) is 0 Å². The number of benzene rings is 1. The molecule has 0 unspecified atom stereocenters. The van der Waals surface area contributed by atoms with Crippen molar-refractivity contribution in [3.8, 4) is 0 Å². The Morgan fingerprint density at radius 3 is 2.70 bits per heavy atom. The molecule has 1 N–H and O–H groups in total. The molecule has 0 aliphatic rings. The number of aromatic nitrogens is 1. The van der Waals surface area contributed by atoms with Gasteiger partial charge in [0.1, 0.15) is 5.03 Å². The molecule has 122 valence electrons. The second-order valence-electron chi connectivity index (χ2n) is 5.27. The molecule has 0 fully saturated rings. The van der Waals surface area contributed by atoms with Crippen molar-refractivity contribution >= 4 is 29.3 Å². The molecule has 1 aromatic heterocycles. The van der Waals surface area contributed by atoms with E-state index in [1.807, 2.05) is 49.5 Å². The van der Waals surface area contributed by atoms with Crippen LogP contribution in [0.3, 0.4) is 0 Å². The van der Waals surface area contributed by atoms with E-state index in [2.05, 4.69) is 10.3 Å². The molecule has 0 saturated heterocycles. The fourth-order valence-electron chi connectivity index (χ4n) is 2.33. The fourth-order valence-corrected chi connectivity index (χ4v) is 3.14. The van der Waals surface area contributed by atoms with Gasteiger partial charge < -0.3 is 10.2 Å². The van der Waals surface area contributed by atoms with Crippen molar-refractivity contribution in [2.75, 3.05) is 26.9 Å². The van der Waals surface area contributed by atoms with Crippen LogP contribution >= 0.6 is 23.4 Å². The zero-order valence-electron chi connectivity index (χ0n) is 13.4. The lowest BCUT2D eigenvalue weighted by Gasteiger charge is -2.26. The number of halogens is 1. The summed E-state index contributed by atoms with van der Waals surface area (Å²) in [5.74, 6) is -0.124. The molecule has 0 radical (unpaired) electrons. The van der Waals surface area contributed by atoms with Crippen LogP contribution in [0.4, 0.5) is 0 Å². The first kappa shape index (κ1) is 17.8. The Bertz CT molecular complexity index is 678. The monoisotopic (exact) mass is 349 g/mol. The molecule has 2 rings (SSSR count). The summed E-state index contributed by atoms with van der Waals surface area (Å²) in [5.41, 5.74) is 1.59. The largest absolute Gasteiger partial charge is 0.350 e. The molecule has 6 heteroatoms. The second kappa shape index (κ2) is 8.34. The van der Waals surface area contributed by atoms with Gasteiger partial charge in [0, 0.05) is 17.8 Å². The van der Waals surface area contributed by atoms with E-state index in [0.717, 1.165) is 10.6 Å². The van der Waals surface area contributed by atoms with E-state index >= 15 is 0 Å². The van der Waals surface area contributed by atoms with Gasteiger partial charge in [0.05, 0.1) is 11.6 Å². The molecule has 1 aromatic carbocycles. The first-order valence-corrected chi connectivity index (χ1v) is 8.83. The molecule has 0 saturated carbocycles. The van der Waals surface area contributed by atoms with Gasteiger partial charge in [-0.3, -0.25) is 4.79 Å². The van der Waals surface area contributed by atoms with Gasteiger partial charge in [-0.1, -0.05) is 29.8 Å². The van der Waals surface area contributed by atoms with Crippen LogP contribution in [0.1, 0.15) is 22.0 Å². The van der Waals surface area contributed by atoms with Crippen molar-refractivity contribution in [3.63, 3.8) is 0 Å². The number of carbonyl (C=O) groups is 1. The van der Waals surface area contributed by atoms with Crippen LogP contribution in [0.5, 0.6) is 0 Å². The molecular weight excluding hydrogens is 330 g/mol. The van der Waals surface area contributed by atoms with Crippen LogP contribution in [0.15, 0.2) is 47.6 Å². The first-order chi connectivity index (χ1) is 11.0. The van der Waals surface area contributed by atoms with Gasteiger partial charge in [-0.15, -0.1) is 11.8 Å². The minimum atomic E-state index is -0.124. The van der Waals surface area contributed by atoms with Crippen molar-refractivity contribution in [1.29, 1.82) is 0 Å². The Kier molecular flexibility index (Phi) is 6.45. The third-order valence-electron chi connectivity index (χ3n) is 3.55. The predicted octanol–water partition coefficient (Wildman–Crippen LogP) is 3.49. The number of pyridine rings is 1. The minimum absolute atomic E-state index is 0.00190. The third kappa shape index (κ3) is 4.47. The van der Waals surface area contributed by atoms with E-state index in [4.69, 9.17) is 11.6 Å². The number of hydrogen-bond acceptors (Lipinski definition) is 4. The number of nitrogens with one attached hydrogen (secondary N) is 1. The average molecular weight is 350 g/mol. The number of likely N-dealkylation sites (N-methyl/N-ethyl adjacent to an activating group) is 1. The smallest absolute Gasteiger partial charge is 0.254 e. The summed E-state index contributed by atoms with van der Waals surface area (Å²) in [6.45, 7) is 0.471. The molecule has 0 aliphatic carbocycles. The lowest BCUT2D eigenvalue weighted by Crippen LogP contribution is -2.35. The molecule has 23 heavy (non-hydrogen) atoms. The van der Waals surface area contributed by atoms with Crippen LogP contribution in [-0.2, 0) is 0 Å². The summed E-state index contributed by atoms with van der Waals surface area (Å²) in [6.07, 6.45) is 3.60. The summed E-state index contributed by atoms with van der Waals surface area (Å²) >= 11 is 7.75. The van der Waals surface area contributed by atoms with Crippen LogP contribution in [0.2, 0.25) is 5.02 Å². The van der Waals surface area contributed by atoms with E-state index in [1.165, 1.54) is 11.8 Å². The molecule has 1 amide bonds. The summed E-state index contributed by atoms with van der Waals surface area (Å²) < 4.78 is 0. The zero-order chi connectivity index (χ0) is 16.8. The Labute approximate surface area is 146 Å². The maximum Gasteiger partial charge on any atom is 0.254 e. The topological polar surface area (TPSA) is 45.2 Å². The number of nitrogens with zero attached hydrogens (tertiary/aromatic N) is 2. The summed E-state index contributed by atoms with van der Waals surface area (Å²) in [4.78, 5) is 18.7. The van der Waals surface area contributed by atoms with Crippen LogP contribution in [0, 0.1) is 0 Å². The third-order valence-corrected chi connectivity index (χ3v) is 4.61. The number of carbonyl (C=O) groups excluding carboxylic acids is 1. The maximum absolute atomic E-state index is 12.5. The van der Waals surface area contributed by atoms with Gasteiger partial charge in [-0.25, -0.2) is 4.98 Å². The van der Waals surface area contributed by atoms with Gasteiger partial charge >= 0.3 is 0 Å². The SMILES string of the molecule is CSc1ncccc1C(=O)NC[C@@H](c1ccccc1Cl)N(C)C. The summed E-state index contributed by atoms with van der Waals surface area (Å²) in [6, 6.07) is 11.3. The first-order valence-electron chi connectivity index (χ1n) is 7.22. The zero-order valence-corrected chi connectivity index (χ0v) is 15.0. The van der Waals surface area contributed by atoms with Crippen molar-refractivity contribution in [3.05, 3.63) is 58.7 Å². The quantitative estimate of drug-likeness (QED) is 0.811. The molecule has 4 nitrogen and oxygen atoms in total. The molecule has 0 aliphatic heterocycles. The average Bonchev–Trinajstić information content (AvgIpc) is 2.56. The Morgan fingerprint density at radius 1 is 1.30 bits per heavy atom. The van der Waals surface area contributed by atoms with Crippen molar-refractivity contribution in [2.24, 2.45) is 0 Å². The Hall–Kier alpha value is -1.56. The van der Waals surface area contributed by atoms with Gasteiger partial charge in [0.2, 0.25) is 0 Å². The highest BCUT2D eigenvalue weighted by Gasteiger charge is 2.19. The van der Waals surface area contributed by atoms with E-state index < -0.39 is 0 Å². The van der Waals surface area contributed by atoms with Crippen LogP contribution in [-0.4, -0.2) is 42.7 Å². The molecule has 2 aromatic rings. The molecule has 1 atom stereocenters. The van der Waals surface area contributed by atoms with Crippen molar-refractivity contribution in [2.45, 2.75) is 11.1 Å². The number of amides is 1. The minimum Gasteiger partial charge on any atom is -0.350 e. The maximum atomic E-state index is 12.5. The standard InChI is InChI=1S/C17H20ClN3OS/c1-21(2)15(12-7-4-5-9-14(12)18)11-20-16(22)13-8-6-10-19-17(13)23-3/h4-10,15H,11H2,1-3H3,(H,20,22)/t15-/m0/s1. The van der Waals surface area contributed by atoms with E-state index in [9.17, 15) is 4.79 Å². The van der Waals surface area contributed by atoms with Gasteiger partial charge in [0.15, 0.2) is 0 Å². The number of hydrogen-bond donors (Lipinski definition) is 1. The van der Waals surface area contributed by atoms with E-state index in [0.29, 0.717) is 17.1 Å². The predicted molar refractivity (Wildman–Crippen MR) is 96.2 cm³/mol. The lowest BCUT2D eigenvalue weighted by atomic mass is 10.1. The Morgan fingerprint density at radius 2 is 2.04 bits per heavy atom. The molecule has 0 bridgehead atoms. The lowest BCUT2D eigenvalue weighted by molar-refractivity contribution is 0.0938. The number of rotatable bonds is 6. The second-order valence-corrected chi connectivity index (χ2v) is 6.47. The van der Waals surface area contributed by atoms with Crippen molar-refractivity contribution in [1.82, 2.24) is 15.2 Å². The number of thioether (sulfide) groups is 1. The highest BCUT2D eigenvalue weighted by Crippen LogP contribution is 2.25. The highest BCUT2D eigenvalue weighted by molar-refractivity contribution is 7.98. The molecule has 0 spiro atoms. The fraction of sp³-hybridized carbons (Fsp3) is 0.294. The normalized spacial score (nSPS) is 12.2. The molecule has 1 heterocycles. The summed E-state index contributed by atoms with van der Waals surface area (Å²) in [5, 5.41) is 4.41. The highest BCUT2D eigenvalue weighted by atomic mass is 35.5. The van der Waals surface area contributed by atoms with Crippen LogP contribution < -0.4 is 5.32 Å². The van der Waals surface area contributed by atoms with Crippen LogP contribution in [0.25, 0.3) is 0 Å². The van der Waals surface area contributed by atoms with E-state index in [1.54, 1.807) is 18.3 Å². The molecular formula is C17H20ClN3OS. The summed E-state index contributed by atoms with van der Waals surface area (Å²) in [7, 11) is 3.94. The van der Waals surface area contributed by atoms with E-state index in [-0.39, 0.29) is 11.9 Å². The van der Waals surface area contributed by atoms with Crippen molar-refractivity contribution < 1.29 is 4.79 Å². The van der Waals surface area contributed by atoms with Gasteiger partial charge in [0.25, 0.3) is 5.91 Å². The van der Waals surface area contributed by atoms with Gasteiger partial charge in [-0.05, 0) is 44.1 Å².